The molecule has 5 rings (SSSR count). The van der Waals surface area contributed by atoms with Crippen LogP contribution in [0, 0.1) is 0 Å². The number of aldehydes is 1. The molecule has 1 aliphatic carbocycles. The van der Waals surface area contributed by atoms with Gasteiger partial charge in [0.25, 0.3) is 5.91 Å². The lowest BCUT2D eigenvalue weighted by Gasteiger charge is -2.27. The quantitative estimate of drug-likeness (QED) is 0.0961. The maximum atomic E-state index is 13.4. The molecule has 10 nitrogen and oxygen atoms in total. The van der Waals surface area contributed by atoms with Gasteiger partial charge in [-0.3, -0.25) is 10.2 Å². The van der Waals surface area contributed by atoms with Gasteiger partial charge in [-0.25, -0.2) is 10.2 Å². The van der Waals surface area contributed by atoms with E-state index < -0.39 is 24.1 Å². The molecule has 0 radical (unpaired) electrons. The molecule has 1 aliphatic rings. The van der Waals surface area contributed by atoms with Crippen molar-refractivity contribution in [3.05, 3.63) is 113 Å². The highest BCUT2D eigenvalue weighted by atomic mass is 16.6. The first kappa shape index (κ1) is 34.0. The monoisotopic (exact) mass is 651 g/mol. The SMILES string of the molecule is CCCC[C@@H](C=O)NNC(=O)COc1ccc(CNC(=O)OC(c2ccc(OC)cc2OC)C2c3ccccc3-c3ccccc32)cc1. The van der Waals surface area contributed by atoms with E-state index in [1.165, 1.54) is 0 Å². The van der Waals surface area contributed by atoms with Gasteiger partial charge in [-0.1, -0.05) is 80.4 Å². The number of hydrogen-bond acceptors (Lipinski definition) is 8. The number of benzene rings is 4. The van der Waals surface area contributed by atoms with Crippen molar-refractivity contribution in [1.29, 1.82) is 0 Å². The lowest BCUT2D eigenvalue weighted by atomic mass is 9.86. The van der Waals surface area contributed by atoms with Crippen LogP contribution in [0.15, 0.2) is 91.0 Å². The normalized spacial score (nSPS) is 13.0. The minimum absolute atomic E-state index is 0.207. The van der Waals surface area contributed by atoms with Gasteiger partial charge >= 0.3 is 6.09 Å². The Hall–Kier alpha value is -5.35. The summed E-state index contributed by atoms with van der Waals surface area (Å²) >= 11 is 0. The number of amides is 2. The number of fused-ring (bicyclic) bond motifs is 3. The van der Waals surface area contributed by atoms with Gasteiger partial charge in [0.15, 0.2) is 6.61 Å². The Morgan fingerprint density at radius 1 is 0.854 bits per heavy atom. The zero-order valence-corrected chi connectivity index (χ0v) is 27.4. The number of hydrazine groups is 1. The average Bonchev–Trinajstić information content (AvgIpc) is 3.46. The number of ether oxygens (including phenoxy) is 4. The molecule has 0 saturated carbocycles. The van der Waals surface area contributed by atoms with E-state index in [1.54, 1.807) is 44.6 Å². The van der Waals surface area contributed by atoms with Crippen LogP contribution in [-0.4, -0.2) is 45.2 Å². The lowest BCUT2D eigenvalue weighted by Crippen LogP contribution is -2.46. The van der Waals surface area contributed by atoms with Crippen molar-refractivity contribution in [2.24, 2.45) is 0 Å². The molecule has 2 amide bonds. The molecule has 4 aromatic carbocycles. The van der Waals surface area contributed by atoms with Gasteiger partial charge in [0.2, 0.25) is 0 Å². The first-order valence-corrected chi connectivity index (χ1v) is 16.0. The third-order valence-electron chi connectivity index (χ3n) is 8.33. The van der Waals surface area contributed by atoms with Crippen LogP contribution in [-0.2, 0) is 20.9 Å². The molecule has 0 fully saturated rings. The highest BCUT2D eigenvalue weighted by Gasteiger charge is 2.38. The summed E-state index contributed by atoms with van der Waals surface area (Å²) in [6.45, 7) is 2.02. The van der Waals surface area contributed by atoms with Crippen LogP contribution in [0.2, 0.25) is 0 Å². The summed E-state index contributed by atoms with van der Waals surface area (Å²) in [5.41, 5.74) is 11.1. The lowest BCUT2D eigenvalue weighted by molar-refractivity contribution is -0.124. The molecule has 0 bridgehead atoms. The number of carbonyl (C=O) groups is 3. The van der Waals surface area contributed by atoms with Crippen molar-refractivity contribution in [2.45, 2.75) is 50.8 Å². The number of hydrogen-bond donors (Lipinski definition) is 3. The summed E-state index contributed by atoms with van der Waals surface area (Å²) < 4.78 is 23.0. The van der Waals surface area contributed by atoms with Crippen molar-refractivity contribution in [2.75, 3.05) is 20.8 Å². The smallest absolute Gasteiger partial charge is 0.408 e. The number of alkyl carbamates (subject to hydrolysis) is 1. The van der Waals surface area contributed by atoms with Gasteiger partial charge in [-0.05, 0) is 58.5 Å². The first-order chi connectivity index (χ1) is 23.4. The van der Waals surface area contributed by atoms with Gasteiger partial charge in [-0.2, -0.15) is 0 Å². The second-order valence-corrected chi connectivity index (χ2v) is 11.4. The van der Waals surface area contributed by atoms with Crippen LogP contribution in [0.1, 0.15) is 60.5 Å². The molecule has 4 aromatic rings. The summed E-state index contributed by atoms with van der Waals surface area (Å²) in [6, 6.07) is 28.4. The fraction of sp³-hybridized carbons (Fsp3) is 0.289. The van der Waals surface area contributed by atoms with Gasteiger partial charge in [0, 0.05) is 18.2 Å². The topological polar surface area (TPSA) is 124 Å². The van der Waals surface area contributed by atoms with Gasteiger partial charge < -0.3 is 29.1 Å². The molecule has 2 atom stereocenters. The molecule has 0 aromatic heterocycles. The second-order valence-electron chi connectivity index (χ2n) is 11.4. The summed E-state index contributed by atoms with van der Waals surface area (Å²) in [5, 5.41) is 2.88. The highest BCUT2D eigenvalue weighted by Crippen LogP contribution is 2.52. The van der Waals surface area contributed by atoms with Crippen molar-refractivity contribution in [3.8, 4) is 28.4 Å². The van der Waals surface area contributed by atoms with E-state index in [4.69, 9.17) is 18.9 Å². The van der Waals surface area contributed by atoms with Crippen LogP contribution in [0.3, 0.4) is 0 Å². The fourth-order valence-electron chi connectivity index (χ4n) is 5.88. The van der Waals surface area contributed by atoms with Crippen LogP contribution in [0.25, 0.3) is 11.1 Å². The van der Waals surface area contributed by atoms with E-state index in [0.717, 1.165) is 46.9 Å². The molecule has 0 heterocycles. The van der Waals surface area contributed by atoms with Crippen molar-refractivity contribution < 1.29 is 33.3 Å². The van der Waals surface area contributed by atoms with Crippen molar-refractivity contribution >= 4 is 18.3 Å². The van der Waals surface area contributed by atoms with Crippen LogP contribution in [0.5, 0.6) is 17.2 Å². The summed E-state index contributed by atoms with van der Waals surface area (Å²) in [4.78, 5) is 36.8. The van der Waals surface area contributed by atoms with E-state index in [1.807, 2.05) is 43.3 Å². The Morgan fingerprint density at radius 2 is 1.52 bits per heavy atom. The van der Waals surface area contributed by atoms with E-state index in [9.17, 15) is 14.4 Å². The molecular formula is C38H41N3O7. The fourth-order valence-corrected chi connectivity index (χ4v) is 5.88. The number of nitrogens with one attached hydrogen (secondary N) is 3. The predicted molar refractivity (Wildman–Crippen MR) is 182 cm³/mol. The molecule has 0 saturated heterocycles. The molecule has 48 heavy (non-hydrogen) atoms. The van der Waals surface area contributed by atoms with Gasteiger partial charge in [-0.15, -0.1) is 0 Å². The number of carbonyl (C=O) groups excluding carboxylic acids is 3. The number of rotatable bonds is 16. The number of methoxy groups -OCH3 is 2. The van der Waals surface area contributed by atoms with E-state index >= 15 is 0 Å². The minimum Gasteiger partial charge on any atom is -0.497 e. The van der Waals surface area contributed by atoms with Crippen LogP contribution in [0.4, 0.5) is 4.79 Å². The molecule has 0 aliphatic heterocycles. The molecular weight excluding hydrogens is 610 g/mol. The van der Waals surface area contributed by atoms with Crippen molar-refractivity contribution in [3.63, 3.8) is 0 Å². The van der Waals surface area contributed by atoms with E-state index in [-0.39, 0.29) is 19.1 Å². The van der Waals surface area contributed by atoms with E-state index in [2.05, 4.69) is 40.4 Å². The first-order valence-electron chi connectivity index (χ1n) is 16.0. The maximum absolute atomic E-state index is 13.4. The zero-order valence-electron chi connectivity index (χ0n) is 27.4. The Kier molecular flexibility index (Phi) is 11.7. The predicted octanol–water partition coefficient (Wildman–Crippen LogP) is 6.24. The second kappa shape index (κ2) is 16.5. The van der Waals surface area contributed by atoms with Crippen molar-refractivity contribution in [1.82, 2.24) is 16.2 Å². The van der Waals surface area contributed by atoms with Crippen LogP contribution < -0.4 is 30.4 Å². The Bertz CT molecular complexity index is 1660. The highest BCUT2D eigenvalue weighted by molar-refractivity contribution is 5.80. The maximum Gasteiger partial charge on any atom is 0.408 e. The Labute approximate surface area is 280 Å². The molecule has 1 unspecified atom stereocenters. The van der Waals surface area contributed by atoms with Crippen LogP contribution >= 0.6 is 0 Å². The summed E-state index contributed by atoms with van der Waals surface area (Å²) in [7, 11) is 3.17. The molecule has 0 spiro atoms. The molecule has 10 heteroatoms. The third-order valence-corrected chi connectivity index (χ3v) is 8.33. The standard InChI is InChI=1S/C38H41N3O7/c1-4-5-10-26(23-42)40-41-35(43)24-47-27-17-15-25(16-18-27)22-39-38(44)48-37(33-20-19-28(45-2)21-34(33)46-3)36-31-13-8-6-11-29(31)30-12-7-9-14-32(30)36/h6-9,11-21,23,26,36-37,40H,4-5,10,22,24H2,1-3H3,(H,39,44)(H,41,43)/t26-,37?/m0/s1. The molecule has 3 N–H and O–H groups in total. The van der Waals surface area contributed by atoms with E-state index in [0.29, 0.717) is 29.2 Å². The molecule has 250 valence electrons. The van der Waals surface area contributed by atoms with Gasteiger partial charge in [0.05, 0.1) is 26.2 Å². The zero-order chi connectivity index (χ0) is 33.9. The number of unbranched alkanes of at least 4 members (excludes halogenated alkanes) is 1. The third kappa shape index (κ3) is 8.13. The minimum atomic E-state index is -0.708. The Morgan fingerprint density at radius 3 is 2.15 bits per heavy atom. The van der Waals surface area contributed by atoms with Gasteiger partial charge in [0.1, 0.15) is 29.6 Å². The summed E-state index contributed by atoms with van der Waals surface area (Å²) in [6.07, 6.45) is 1.96. The summed E-state index contributed by atoms with van der Waals surface area (Å²) in [5.74, 6) is 0.996. The Balaban J connectivity index is 1.25. The largest absolute Gasteiger partial charge is 0.497 e. The average molecular weight is 652 g/mol.